The standard InChI is InChI=1S/C8H11BrN2O2/c1-5-7(9)4-11(10-5)6(2)8(12)13-3/h4,6H,1-3H3/t6-/m1/s1. The number of methoxy groups -OCH3 is 1. The average Bonchev–Trinajstić information content (AvgIpc) is 2.44. The molecule has 0 unspecified atom stereocenters. The van der Waals surface area contributed by atoms with Gasteiger partial charge in [-0.2, -0.15) is 5.10 Å². The lowest BCUT2D eigenvalue weighted by Crippen LogP contribution is -2.18. The van der Waals surface area contributed by atoms with Crippen LogP contribution in [0.5, 0.6) is 0 Å². The van der Waals surface area contributed by atoms with Gasteiger partial charge in [0, 0.05) is 6.20 Å². The third-order valence-corrected chi connectivity index (χ3v) is 2.57. The van der Waals surface area contributed by atoms with Crippen LogP contribution < -0.4 is 0 Å². The molecule has 0 bridgehead atoms. The van der Waals surface area contributed by atoms with E-state index in [-0.39, 0.29) is 12.0 Å². The summed E-state index contributed by atoms with van der Waals surface area (Å²) in [4.78, 5) is 11.1. The van der Waals surface area contributed by atoms with E-state index in [2.05, 4.69) is 25.8 Å². The van der Waals surface area contributed by atoms with Crippen molar-refractivity contribution in [1.82, 2.24) is 9.78 Å². The van der Waals surface area contributed by atoms with Gasteiger partial charge in [-0.25, -0.2) is 4.79 Å². The number of aryl methyl sites for hydroxylation is 1. The average molecular weight is 247 g/mol. The highest BCUT2D eigenvalue weighted by molar-refractivity contribution is 9.10. The highest BCUT2D eigenvalue weighted by atomic mass is 79.9. The molecule has 0 saturated heterocycles. The number of halogens is 1. The fourth-order valence-corrected chi connectivity index (χ4v) is 1.23. The van der Waals surface area contributed by atoms with Gasteiger partial charge in [-0.15, -0.1) is 0 Å². The van der Waals surface area contributed by atoms with E-state index in [4.69, 9.17) is 0 Å². The zero-order valence-corrected chi connectivity index (χ0v) is 9.33. The van der Waals surface area contributed by atoms with E-state index < -0.39 is 0 Å². The molecule has 0 aliphatic heterocycles. The second-order valence-corrected chi connectivity index (χ2v) is 3.60. The second kappa shape index (κ2) is 3.91. The van der Waals surface area contributed by atoms with Crippen LogP contribution in [0, 0.1) is 6.92 Å². The Balaban J connectivity index is 2.89. The van der Waals surface area contributed by atoms with Crippen molar-refractivity contribution >= 4 is 21.9 Å². The monoisotopic (exact) mass is 246 g/mol. The quantitative estimate of drug-likeness (QED) is 0.747. The first-order valence-corrected chi connectivity index (χ1v) is 4.64. The van der Waals surface area contributed by atoms with Gasteiger partial charge in [0.15, 0.2) is 0 Å². The van der Waals surface area contributed by atoms with Gasteiger partial charge in [0.05, 0.1) is 17.3 Å². The predicted molar refractivity (Wildman–Crippen MR) is 51.4 cm³/mol. The predicted octanol–water partition coefficient (Wildman–Crippen LogP) is 1.69. The van der Waals surface area contributed by atoms with Crippen LogP contribution in [0.2, 0.25) is 0 Å². The summed E-state index contributed by atoms with van der Waals surface area (Å²) in [6.07, 6.45) is 1.76. The summed E-state index contributed by atoms with van der Waals surface area (Å²) >= 11 is 3.32. The first-order valence-electron chi connectivity index (χ1n) is 3.85. The molecule has 1 atom stereocenters. The molecule has 1 heterocycles. The summed E-state index contributed by atoms with van der Waals surface area (Å²) in [7, 11) is 1.37. The summed E-state index contributed by atoms with van der Waals surface area (Å²) in [6, 6.07) is -0.380. The van der Waals surface area contributed by atoms with Crippen LogP contribution in [-0.4, -0.2) is 22.9 Å². The van der Waals surface area contributed by atoms with Crippen LogP contribution in [0.25, 0.3) is 0 Å². The Labute approximate surface area is 85.0 Å². The minimum absolute atomic E-state index is 0.296. The van der Waals surface area contributed by atoms with Crippen molar-refractivity contribution in [3.63, 3.8) is 0 Å². The van der Waals surface area contributed by atoms with Crippen molar-refractivity contribution in [3.05, 3.63) is 16.4 Å². The Morgan fingerprint density at radius 2 is 2.38 bits per heavy atom. The Bertz CT molecular complexity index is 302. The highest BCUT2D eigenvalue weighted by Crippen LogP contribution is 2.16. The summed E-state index contributed by atoms with van der Waals surface area (Å²) in [5, 5.41) is 4.15. The van der Waals surface area contributed by atoms with Gasteiger partial charge in [-0.3, -0.25) is 4.68 Å². The molecule has 0 spiro atoms. The van der Waals surface area contributed by atoms with Crippen LogP contribution in [0.15, 0.2) is 10.7 Å². The van der Waals surface area contributed by atoms with Gasteiger partial charge in [-0.05, 0) is 29.8 Å². The number of hydrogen-bond acceptors (Lipinski definition) is 3. The molecule has 0 aliphatic carbocycles. The number of hydrogen-bond donors (Lipinski definition) is 0. The Morgan fingerprint density at radius 1 is 1.77 bits per heavy atom. The summed E-state index contributed by atoms with van der Waals surface area (Å²) in [5.41, 5.74) is 0.857. The molecule has 0 N–H and O–H groups in total. The van der Waals surface area contributed by atoms with E-state index in [1.807, 2.05) is 6.92 Å². The smallest absolute Gasteiger partial charge is 0.330 e. The fourth-order valence-electron chi connectivity index (χ4n) is 0.936. The Morgan fingerprint density at radius 3 is 2.77 bits per heavy atom. The molecule has 0 aliphatic rings. The third kappa shape index (κ3) is 2.09. The highest BCUT2D eigenvalue weighted by Gasteiger charge is 2.16. The van der Waals surface area contributed by atoms with Crippen molar-refractivity contribution in [1.29, 1.82) is 0 Å². The SMILES string of the molecule is COC(=O)[C@@H](C)n1cc(Br)c(C)n1. The summed E-state index contributed by atoms with van der Waals surface area (Å²) in [6.45, 7) is 3.61. The molecule has 0 aromatic carbocycles. The van der Waals surface area contributed by atoms with Crippen LogP contribution in [-0.2, 0) is 9.53 Å². The molecule has 5 heteroatoms. The van der Waals surface area contributed by atoms with Crippen molar-refractivity contribution in [2.24, 2.45) is 0 Å². The first-order chi connectivity index (χ1) is 6.06. The van der Waals surface area contributed by atoms with Gasteiger partial charge in [0.25, 0.3) is 0 Å². The molecule has 0 amide bonds. The molecule has 13 heavy (non-hydrogen) atoms. The van der Waals surface area contributed by atoms with E-state index >= 15 is 0 Å². The molecule has 72 valence electrons. The van der Waals surface area contributed by atoms with Gasteiger partial charge < -0.3 is 4.74 Å². The van der Waals surface area contributed by atoms with Crippen molar-refractivity contribution in [3.8, 4) is 0 Å². The lowest BCUT2D eigenvalue weighted by Gasteiger charge is -2.08. The topological polar surface area (TPSA) is 44.1 Å². The number of aromatic nitrogens is 2. The Kier molecular flexibility index (Phi) is 3.08. The first kappa shape index (κ1) is 10.2. The maximum absolute atomic E-state index is 11.1. The zero-order chi connectivity index (χ0) is 10.0. The molecule has 0 radical (unpaired) electrons. The fraction of sp³-hybridized carbons (Fsp3) is 0.500. The van der Waals surface area contributed by atoms with Gasteiger partial charge in [-0.1, -0.05) is 0 Å². The van der Waals surface area contributed by atoms with Crippen LogP contribution in [0.1, 0.15) is 18.7 Å². The maximum atomic E-state index is 11.1. The normalized spacial score (nSPS) is 12.6. The van der Waals surface area contributed by atoms with Crippen molar-refractivity contribution in [2.45, 2.75) is 19.9 Å². The lowest BCUT2D eigenvalue weighted by atomic mass is 10.3. The van der Waals surface area contributed by atoms with E-state index in [1.165, 1.54) is 7.11 Å². The van der Waals surface area contributed by atoms with Gasteiger partial charge in [0.1, 0.15) is 6.04 Å². The largest absolute Gasteiger partial charge is 0.467 e. The molecule has 4 nitrogen and oxygen atoms in total. The van der Waals surface area contributed by atoms with Crippen LogP contribution in [0.4, 0.5) is 0 Å². The number of nitrogens with zero attached hydrogens (tertiary/aromatic N) is 2. The Hall–Kier alpha value is -0.840. The lowest BCUT2D eigenvalue weighted by molar-refractivity contribution is -0.144. The molecule has 1 rings (SSSR count). The minimum atomic E-state index is -0.380. The van der Waals surface area contributed by atoms with E-state index in [0.717, 1.165) is 10.2 Å². The minimum Gasteiger partial charge on any atom is -0.467 e. The summed E-state index contributed by atoms with van der Waals surface area (Å²) < 4.78 is 7.07. The number of ether oxygens (including phenoxy) is 1. The van der Waals surface area contributed by atoms with Crippen LogP contribution in [0.3, 0.4) is 0 Å². The van der Waals surface area contributed by atoms with E-state index in [1.54, 1.807) is 17.8 Å². The summed E-state index contributed by atoms with van der Waals surface area (Å²) in [5.74, 6) is -0.296. The second-order valence-electron chi connectivity index (χ2n) is 2.74. The van der Waals surface area contributed by atoms with E-state index in [0.29, 0.717) is 0 Å². The van der Waals surface area contributed by atoms with E-state index in [9.17, 15) is 4.79 Å². The zero-order valence-electron chi connectivity index (χ0n) is 7.74. The number of rotatable bonds is 2. The van der Waals surface area contributed by atoms with Crippen LogP contribution >= 0.6 is 15.9 Å². The molecule has 1 aromatic rings. The molecule has 0 saturated carbocycles. The van der Waals surface area contributed by atoms with Gasteiger partial charge >= 0.3 is 5.97 Å². The van der Waals surface area contributed by atoms with Crippen molar-refractivity contribution < 1.29 is 9.53 Å². The molecular weight excluding hydrogens is 236 g/mol. The molecule has 0 fully saturated rings. The molecular formula is C8H11BrN2O2. The third-order valence-electron chi connectivity index (χ3n) is 1.80. The number of carbonyl (C=O) groups is 1. The molecule has 1 aromatic heterocycles. The number of esters is 1. The van der Waals surface area contributed by atoms with Gasteiger partial charge in [0.2, 0.25) is 0 Å². The number of carbonyl (C=O) groups excluding carboxylic acids is 1. The maximum Gasteiger partial charge on any atom is 0.330 e. The van der Waals surface area contributed by atoms with Crippen molar-refractivity contribution in [2.75, 3.05) is 7.11 Å².